The van der Waals surface area contributed by atoms with Crippen molar-refractivity contribution in [1.29, 1.82) is 0 Å². The van der Waals surface area contributed by atoms with Gasteiger partial charge in [-0.05, 0) is 13.3 Å². The van der Waals surface area contributed by atoms with Crippen molar-refractivity contribution in [3.05, 3.63) is 0 Å². The molecular weight excluding hydrogens is 558 g/mol. The van der Waals surface area contributed by atoms with Crippen molar-refractivity contribution in [2.45, 2.75) is 32.7 Å². The van der Waals surface area contributed by atoms with E-state index in [-0.39, 0.29) is 82.5 Å². The Labute approximate surface area is 246 Å². The lowest BCUT2D eigenvalue weighted by Crippen LogP contribution is -2.51. The molecule has 4 amide bonds. The van der Waals surface area contributed by atoms with Crippen LogP contribution in [0.15, 0.2) is 0 Å². The van der Waals surface area contributed by atoms with Gasteiger partial charge in [0.05, 0.1) is 66.8 Å². The zero-order valence-corrected chi connectivity index (χ0v) is 25.2. The predicted molar refractivity (Wildman–Crippen MR) is 149 cm³/mol. The molecule has 16 nitrogen and oxygen atoms in total. The van der Waals surface area contributed by atoms with Gasteiger partial charge in [-0.2, -0.15) is 0 Å². The highest BCUT2D eigenvalue weighted by Gasteiger charge is 2.20. The van der Waals surface area contributed by atoms with E-state index in [4.69, 9.17) is 24.1 Å². The Morgan fingerprint density at radius 2 is 1.21 bits per heavy atom. The Morgan fingerprint density at radius 1 is 0.690 bits per heavy atom. The molecular formula is C26H48N5O11+. The maximum Gasteiger partial charge on any atom is 0.326 e. The molecule has 0 aliphatic heterocycles. The highest BCUT2D eigenvalue weighted by molar-refractivity contribution is 5.83. The number of carbonyl (C=O) groups is 6. The third-order valence-electron chi connectivity index (χ3n) is 5.37. The van der Waals surface area contributed by atoms with E-state index in [2.05, 4.69) is 21.3 Å². The molecule has 242 valence electrons. The summed E-state index contributed by atoms with van der Waals surface area (Å²) in [6.07, 6.45) is -0.0852. The van der Waals surface area contributed by atoms with Crippen molar-refractivity contribution >= 4 is 35.4 Å². The fourth-order valence-electron chi connectivity index (χ4n) is 3.29. The van der Waals surface area contributed by atoms with Gasteiger partial charge in [0.1, 0.15) is 19.3 Å². The average Bonchev–Trinajstić information content (AvgIpc) is 2.88. The smallest absolute Gasteiger partial charge is 0.326 e. The zero-order valence-electron chi connectivity index (χ0n) is 25.2. The molecule has 5 N–H and O–H groups in total. The molecule has 0 fully saturated rings. The average molecular weight is 607 g/mol. The van der Waals surface area contributed by atoms with E-state index in [1.165, 1.54) is 13.8 Å². The lowest BCUT2D eigenvalue weighted by Gasteiger charge is -2.29. The van der Waals surface area contributed by atoms with Crippen LogP contribution in [0.4, 0.5) is 0 Å². The minimum absolute atomic E-state index is 0.0258. The van der Waals surface area contributed by atoms with E-state index in [1.54, 1.807) is 0 Å². The lowest BCUT2D eigenvalue weighted by molar-refractivity contribution is -0.881. The number of nitrogens with zero attached hydrogens (tertiary/aromatic N) is 1. The number of carboxylic acid groups (broad SMARTS) is 1. The molecule has 0 bridgehead atoms. The molecule has 0 heterocycles. The molecule has 42 heavy (non-hydrogen) atoms. The van der Waals surface area contributed by atoms with Crippen LogP contribution in [0.1, 0.15) is 26.7 Å². The Balaban J connectivity index is 3.76. The number of carbonyl (C=O) groups excluding carboxylic acids is 5. The monoisotopic (exact) mass is 606 g/mol. The topological polar surface area (TPSA) is 208 Å². The molecule has 0 saturated heterocycles. The van der Waals surface area contributed by atoms with Crippen molar-refractivity contribution in [1.82, 2.24) is 21.3 Å². The minimum atomic E-state index is -1.21. The Kier molecular flexibility index (Phi) is 21.6. The molecule has 16 heteroatoms. The van der Waals surface area contributed by atoms with Gasteiger partial charge in [-0.25, -0.2) is 4.79 Å². The summed E-state index contributed by atoms with van der Waals surface area (Å²) in [5.41, 5.74) is 0. The van der Waals surface area contributed by atoms with E-state index in [0.717, 1.165) is 0 Å². The first-order valence-corrected chi connectivity index (χ1v) is 13.7. The quantitative estimate of drug-likeness (QED) is 0.0511. The van der Waals surface area contributed by atoms with Gasteiger partial charge in [-0.15, -0.1) is 0 Å². The normalized spacial score (nSPS) is 11.8. The van der Waals surface area contributed by atoms with Crippen LogP contribution >= 0.6 is 0 Å². The first kappa shape index (κ1) is 38.8. The molecule has 0 aromatic rings. The maximum atomic E-state index is 12.2. The number of rotatable bonds is 26. The second-order valence-corrected chi connectivity index (χ2v) is 10.0. The van der Waals surface area contributed by atoms with E-state index in [0.29, 0.717) is 43.9 Å². The zero-order chi connectivity index (χ0) is 31.8. The number of nitrogens with one attached hydrogen (secondary N) is 4. The second kappa shape index (κ2) is 23.4. The largest absolute Gasteiger partial charge is 0.480 e. The van der Waals surface area contributed by atoms with E-state index in [9.17, 15) is 28.8 Å². The lowest BCUT2D eigenvalue weighted by atomic mass is 10.1. The van der Waals surface area contributed by atoms with Gasteiger partial charge in [-0.3, -0.25) is 24.0 Å². The molecule has 0 saturated carbocycles. The fourth-order valence-corrected chi connectivity index (χ4v) is 3.29. The number of Topliss-reactive ketones (excluding diaryl/α,β-unsaturated/α-hetero) is 1. The van der Waals surface area contributed by atoms with Crippen molar-refractivity contribution in [3.63, 3.8) is 0 Å². The molecule has 1 unspecified atom stereocenters. The number of likely N-dealkylation sites (N-methyl/N-ethyl adjacent to an activating group) is 1. The van der Waals surface area contributed by atoms with Crippen LogP contribution in [0.25, 0.3) is 0 Å². The number of ether oxygens (including phenoxy) is 4. The number of aliphatic carboxylic acids is 1. The predicted octanol–water partition coefficient (Wildman–Crippen LogP) is -2.56. The summed E-state index contributed by atoms with van der Waals surface area (Å²) < 4.78 is 21.4. The molecule has 0 aliphatic carbocycles. The molecule has 0 aromatic carbocycles. The summed E-state index contributed by atoms with van der Waals surface area (Å²) in [5, 5.41) is 19.4. The second-order valence-electron chi connectivity index (χ2n) is 10.0. The van der Waals surface area contributed by atoms with E-state index in [1.807, 2.05) is 14.1 Å². The van der Waals surface area contributed by atoms with Crippen molar-refractivity contribution in [2.75, 3.05) is 99.7 Å². The van der Waals surface area contributed by atoms with Crippen molar-refractivity contribution in [3.8, 4) is 0 Å². The molecule has 1 atom stereocenters. The summed E-state index contributed by atoms with van der Waals surface area (Å²) in [4.78, 5) is 68.7. The molecule has 0 aromatic heterocycles. The van der Waals surface area contributed by atoms with Crippen LogP contribution in [0.2, 0.25) is 0 Å². The summed E-state index contributed by atoms with van der Waals surface area (Å²) in [5.74, 6) is -2.54. The van der Waals surface area contributed by atoms with Gasteiger partial charge in [0, 0.05) is 26.4 Å². The summed E-state index contributed by atoms with van der Waals surface area (Å²) >= 11 is 0. The summed E-state index contributed by atoms with van der Waals surface area (Å²) in [7, 11) is 3.76. The third kappa shape index (κ3) is 24.6. The summed E-state index contributed by atoms with van der Waals surface area (Å²) in [6, 6.07) is -1.12. The van der Waals surface area contributed by atoms with Crippen LogP contribution < -0.4 is 21.3 Å². The Hall–Kier alpha value is -3.18. The van der Waals surface area contributed by atoms with Crippen LogP contribution in [0.5, 0.6) is 0 Å². The van der Waals surface area contributed by atoms with Gasteiger partial charge in [-0.1, -0.05) is 0 Å². The number of carboxylic acids is 1. The van der Waals surface area contributed by atoms with Crippen LogP contribution in [0.3, 0.4) is 0 Å². The first-order valence-electron chi connectivity index (χ1n) is 13.7. The SMILES string of the molecule is CC(=O)COCCOCCNC(=O)C[N+](C)(C)CCNC(=O)COCCOCCNC(=O)CCC(NC(C)=O)C(=O)O. The van der Waals surface area contributed by atoms with Gasteiger partial charge in [0.15, 0.2) is 12.3 Å². The van der Waals surface area contributed by atoms with Gasteiger partial charge < -0.3 is 49.8 Å². The van der Waals surface area contributed by atoms with Crippen LogP contribution in [-0.2, 0) is 47.7 Å². The van der Waals surface area contributed by atoms with Crippen LogP contribution in [-0.4, -0.2) is 151 Å². The number of quaternary nitrogens is 1. The first-order chi connectivity index (χ1) is 19.8. The van der Waals surface area contributed by atoms with Crippen molar-refractivity contribution < 1.29 is 57.3 Å². The van der Waals surface area contributed by atoms with E-state index < -0.39 is 17.9 Å². The number of hydrogen-bond donors (Lipinski definition) is 5. The summed E-state index contributed by atoms with van der Waals surface area (Å²) in [6.45, 7) is 5.84. The van der Waals surface area contributed by atoms with E-state index >= 15 is 0 Å². The van der Waals surface area contributed by atoms with Crippen LogP contribution in [0, 0.1) is 0 Å². The fraction of sp³-hybridized carbons (Fsp3) is 0.769. The molecule has 0 spiro atoms. The molecule has 0 aliphatic rings. The Bertz CT molecular complexity index is 854. The number of ketones is 1. The van der Waals surface area contributed by atoms with Crippen molar-refractivity contribution in [2.24, 2.45) is 0 Å². The highest BCUT2D eigenvalue weighted by atomic mass is 16.5. The number of hydrogen-bond acceptors (Lipinski definition) is 10. The molecule has 0 radical (unpaired) electrons. The Morgan fingerprint density at radius 3 is 1.76 bits per heavy atom. The van der Waals surface area contributed by atoms with Gasteiger partial charge in [0.2, 0.25) is 17.7 Å². The minimum Gasteiger partial charge on any atom is -0.480 e. The van der Waals surface area contributed by atoms with Gasteiger partial charge >= 0.3 is 5.97 Å². The molecule has 0 rings (SSSR count). The third-order valence-corrected chi connectivity index (χ3v) is 5.37. The highest BCUT2D eigenvalue weighted by Crippen LogP contribution is 1.98. The van der Waals surface area contributed by atoms with Gasteiger partial charge in [0.25, 0.3) is 5.91 Å². The maximum absolute atomic E-state index is 12.2. The number of amides is 4. The standard InChI is InChI=1S/C26H47N5O11/c1-20(32)18-41-15-13-40-12-9-29-24(35)17-31(3,4)10-7-27-25(36)19-42-16-14-39-11-8-28-23(34)6-5-22(26(37)38)30-21(2)33/h22H,5-19H2,1-4H3,(H4-,27,28,29,30,33,34,35,36,37,38)/p+1.